The van der Waals surface area contributed by atoms with Crippen LogP contribution in [0.25, 0.3) is 0 Å². The fraction of sp³-hybridized carbons (Fsp3) is 0.875. The van der Waals surface area contributed by atoms with Crippen LogP contribution >= 0.6 is 0 Å². The third kappa shape index (κ3) is 9.17. The predicted octanol–water partition coefficient (Wildman–Crippen LogP) is 4.04. The van der Waals surface area contributed by atoms with Crippen molar-refractivity contribution in [1.29, 1.82) is 0 Å². The molecule has 21 heavy (non-hydrogen) atoms. The Labute approximate surface area is 136 Å². The van der Waals surface area contributed by atoms with E-state index in [2.05, 4.69) is 13.8 Å². The van der Waals surface area contributed by atoms with Crippen LogP contribution in [0, 0.1) is 11.8 Å². The van der Waals surface area contributed by atoms with Gasteiger partial charge in [0.2, 0.25) is 0 Å². The molecule has 0 rings (SSSR count). The third-order valence-electron chi connectivity index (χ3n) is 3.75. The summed E-state index contributed by atoms with van der Waals surface area (Å²) in [5, 5.41) is 0. The molecule has 0 fully saturated rings. The molecule has 122 valence electrons. The number of hydrogen-bond donors (Lipinski definition) is 0. The van der Waals surface area contributed by atoms with E-state index in [9.17, 15) is 9.59 Å². The van der Waals surface area contributed by atoms with Crippen LogP contribution in [0.2, 0.25) is 0 Å². The number of carbonyl (C=O) groups excluding carboxylic acids is 2. The maximum absolute atomic E-state index is 11.9. The summed E-state index contributed by atoms with van der Waals surface area (Å²) >= 11 is -1.40. The first-order valence-corrected chi connectivity index (χ1v) is 9.98. The van der Waals surface area contributed by atoms with Crippen molar-refractivity contribution in [2.75, 3.05) is 0 Å². The van der Waals surface area contributed by atoms with Gasteiger partial charge in [-0.2, -0.15) is 0 Å². The van der Waals surface area contributed by atoms with Crippen LogP contribution in [-0.2, 0) is 17.1 Å². The quantitative estimate of drug-likeness (QED) is 0.494. The van der Waals surface area contributed by atoms with E-state index in [-0.39, 0.29) is 23.8 Å². The molecule has 0 aromatic heterocycles. The van der Waals surface area contributed by atoms with Crippen LogP contribution in [0.5, 0.6) is 0 Å². The van der Waals surface area contributed by atoms with E-state index in [0.29, 0.717) is 0 Å². The molecule has 0 aliphatic heterocycles. The number of carbonyl (C=O) groups is 2. The molecule has 0 spiro atoms. The summed E-state index contributed by atoms with van der Waals surface area (Å²) in [7, 11) is 0. The van der Waals surface area contributed by atoms with Gasteiger partial charge in [-0.25, -0.2) is 0 Å². The Kier molecular flexibility index (Phi) is 12.8. The molecule has 0 aliphatic rings. The van der Waals surface area contributed by atoms with Crippen molar-refractivity contribution in [1.82, 2.24) is 0 Å². The summed E-state index contributed by atoms with van der Waals surface area (Å²) in [6.45, 7) is 8.20. The zero-order chi connectivity index (χ0) is 16.1. The first-order valence-electron chi connectivity index (χ1n) is 8.26. The molecular formula is C16H30GeO4. The molecule has 0 saturated heterocycles. The molecule has 2 atom stereocenters. The normalized spacial score (nSPS) is 13.5. The van der Waals surface area contributed by atoms with E-state index >= 15 is 0 Å². The van der Waals surface area contributed by atoms with E-state index in [0.717, 1.165) is 51.4 Å². The molecule has 2 radical (unpaired) electrons. The summed E-state index contributed by atoms with van der Waals surface area (Å²) in [5.74, 6) is -0.482. The Hall–Kier alpha value is -0.517. The molecule has 0 aliphatic carbocycles. The summed E-state index contributed by atoms with van der Waals surface area (Å²) in [6.07, 6.45) is 7.50. The van der Waals surface area contributed by atoms with Gasteiger partial charge in [0.05, 0.1) is 0 Å². The summed E-state index contributed by atoms with van der Waals surface area (Å²) in [5.41, 5.74) is 0. The second kappa shape index (κ2) is 13.2. The van der Waals surface area contributed by atoms with Crippen molar-refractivity contribution in [2.24, 2.45) is 11.8 Å². The van der Waals surface area contributed by atoms with Gasteiger partial charge < -0.3 is 0 Å². The summed E-state index contributed by atoms with van der Waals surface area (Å²) in [4.78, 5) is 23.8. The molecule has 0 amide bonds. The number of hydrogen-bond acceptors (Lipinski definition) is 4. The van der Waals surface area contributed by atoms with Crippen LogP contribution < -0.4 is 0 Å². The summed E-state index contributed by atoms with van der Waals surface area (Å²) in [6, 6.07) is 0. The molecule has 0 bridgehead atoms. The summed E-state index contributed by atoms with van der Waals surface area (Å²) < 4.78 is 10.4. The standard InChI is InChI=1S/C16H30GeO4/c1-5-9-11-13(7-3)15(18)20-17-21-16(19)14(8-4)12-10-6-2/h13-14H,5-12H2,1-4H3. The van der Waals surface area contributed by atoms with Crippen molar-refractivity contribution >= 4 is 28.0 Å². The van der Waals surface area contributed by atoms with Gasteiger partial charge in [0, 0.05) is 0 Å². The number of unbranched alkanes of at least 4 members (excludes halogenated alkanes) is 2. The van der Waals surface area contributed by atoms with Crippen LogP contribution in [0.15, 0.2) is 0 Å². The van der Waals surface area contributed by atoms with Gasteiger partial charge in [0.1, 0.15) is 0 Å². The van der Waals surface area contributed by atoms with Crippen molar-refractivity contribution in [2.45, 2.75) is 79.1 Å². The van der Waals surface area contributed by atoms with E-state index in [1.165, 1.54) is 0 Å². The Bertz CT molecular complexity index is 266. The average molecular weight is 359 g/mol. The van der Waals surface area contributed by atoms with Crippen LogP contribution in [0.1, 0.15) is 79.1 Å². The molecule has 5 heteroatoms. The fourth-order valence-corrected chi connectivity index (χ4v) is 3.28. The topological polar surface area (TPSA) is 52.6 Å². The fourth-order valence-electron chi connectivity index (χ4n) is 2.15. The zero-order valence-corrected chi connectivity index (χ0v) is 16.0. The van der Waals surface area contributed by atoms with Gasteiger partial charge in [-0.05, 0) is 0 Å². The monoisotopic (exact) mass is 360 g/mol. The first kappa shape index (κ1) is 20.5. The molecule has 0 heterocycles. The van der Waals surface area contributed by atoms with Gasteiger partial charge in [-0.15, -0.1) is 0 Å². The van der Waals surface area contributed by atoms with Gasteiger partial charge in [-0.3, -0.25) is 0 Å². The molecule has 2 unspecified atom stereocenters. The van der Waals surface area contributed by atoms with Crippen molar-refractivity contribution in [3.8, 4) is 0 Å². The number of rotatable bonds is 12. The van der Waals surface area contributed by atoms with E-state index in [1.54, 1.807) is 0 Å². The van der Waals surface area contributed by atoms with E-state index in [4.69, 9.17) is 7.53 Å². The molecule has 0 aromatic rings. The molecular weight excluding hydrogens is 329 g/mol. The SMILES string of the molecule is CCCCC(CC)C(=O)[O][Ge][O]C(=O)C(CC)CCCC. The van der Waals surface area contributed by atoms with Crippen LogP contribution in [-0.4, -0.2) is 28.0 Å². The first-order chi connectivity index (χ1) is 10.1. The minimum absolute atomic E-state index is 0.0468. The Morgan fingerprint density at radius 1 is 0.810 bits per heavy atom. The van der Waals surface area contributed by atoms with Gasteiger partial charge in [0.15, 0.2) is 0 Å². The Balaban J connectivity index is 4.04. The average Bonchev–Trinajstić information content (AvgIpc) is 2.48. The van der Waals surface area contributed by atoms with Crippen molar-refractivity contribution < 1.29 is 17.1 Å². The predicted molar refractivity (Wildman–Crippen MR) is 84.6 cm³/mol. The maximum atomic E-state index is 11.9. The second-order valence-electron chi connectivity index (χ2n) is 5.42. The van der Waals surface area contributed by atoms with Crippen molar-refractivity contribution in [3.05, 3.63) is 0 Å². The van der Waals surface area contributed by atoms with Gasteiger partial charge in [-0.1, -0.05) is 0 Å². The Morgan fingerprint density at radius 3 is 1.48 bits per heavy atom. The van der Waals surface area contributed by atoms with Crippen LogP contribution in [0.3, 0.4) is 0 Å². The second-order valence-corrected chi connectivity index (χ2v) is 6.63. The Morgan fingerprint density at radius 2 is 1.19 bits per heavy atom. The molecule has 0 saturated carbocycles. The molecule has 4 nitrogen and oxygen atoms in total. The van der Waals surface area contributed by atoms with E-state index in [1.807, 2.05) is 13.8 Å². The van der Waals surface area contributed by atoms with Gasteiger partial charge in [0.25, 0.3) is 0 Å². The van der Waals surface area contributed by atoms with Crippen LogP contribution in [0.4, 0.5) is 0 Å². The molecule has 0 aromatic carbocycles. The third-order valence-corrected chi connectivity index (χ3v) is 4.94. The van der Waals surface area contributed by atoms with Crippen molar-refractivity contribution in [3.63, 3.8) is 0 Å². The zero-order valence-electron chi connectivity index (χ0n) is 13.9. The minimum atomic E-state index is -1.40. The van der Waals surface area contributed by atoms with E-state index < -0.39 is 16.1 Å². The van der Waals surface area contributed by atoms with Gasteiger partial charge >= 0.3 is 136 Å². The molecule has 0 N–H and O–H groups in total.